The molecule has 0 saturated carbocycles. The molecule has 1 aliphatic heterocycles. The fraction of sp³-hybridized carbons (Fsp3) is 0.263. The minimum absolute atomic E-state index is 0.0840. The summed E-state index contributed by atoms with van der Waals surface area (Å²) < 4.78 is 0. The molecule has 5 heteroatoms. The Morgan fingerprint density at radius 1 is 0.833 bits per heavy atom. The maximum atomic E-state index is 12.8. The second-order valence-electron chi connectivity index (χ2n) is 6.26. The minimum atomic E-state index is -0.432. The van der Waals surface area contributed by atoms with Crippen molar-refractivity contribution in [2.24, 2.45) is 0 Å². The van der Waals surface area contributed by atoms with E-state index in [0.29, 0.717) is 5.69 Å². The lowest BCUT2D eigenvalue weighted by Crippen LogP contribution is -2.30. The fourth-order valence-corrected chi connectivity index (χ4v) is 3.62. The normalized spacial score (nSPS) is 16.8. The Bertz CT molecular complexity index is 866. The standard InChI is InChI=1S/C19H17NO4/c21-14-10-13(20-8-4-1-5-9-20)19(24)16-15(14)17(22)11-6-2-3-7-12(11)18(16)23/h2-3,6-7,10,21,24H,1,4-5,8-9H2. The first kappa shape index (κ1) is 14.8. The lowest BCUT2D eigenvalue weighted by Gasteiger charge is -2.31. The summed E-state index contributed by atoms with van der Waals surface area (Å²) in [6, 6.07) is 7.89. The number of hydrogen-bond acceptors (Lipinski definition) is 5. The molecule has 2 aromatic rings. The number of phenols is 2. The van der Waals surface area contributed by atoms with Gasteiger partial charge in [-0.3, -0.25) is 9.59 Å². The highest BCUT2D eigenvalue weighted by Crippen LogP contribution is 2.44. The predicted octanol–water partition coefficient (Wildman–Crippen LogP) is 2.86. The van der Waals surface area contributed by atoms with Gasteiger partial charge in [0.15, 0.2) is 17.3 Å². The van der Waals surface area contributed by atoms with E-state index in [1.165, 1.54) is 6.07 Å². The highest BCUT2D eigenvalue weighted by molar-refractivity contribution is 6.30. The number of ketones is 2. The molecule has 0 bridgehead atoms. The molecule has 4 rings (SSSR count). The van der Waals surface area contributed by atoms with Gasteiger partial charge in [0.2, 0.25) is 0 Å². The third-order valence-electron chi connectivity index (χ3n) is 4.83. The van der Waals surface area contributed by atoms with Crippen LogP contribution in [0.15, 0.2) is 30.3 Å². The summed E-state index contributed by atoms with van der Waals surface area (Å²) in [6.07, 6.45) is 3.11. The molecule has 24 heavy (non-hydrogen) atoms. The molecule has 0 amide bonds. The van der Waals surface area contributed by atoms with E-state index in [1.54, 1.807) is 24.3 Å². The van der Waals surface area contributed by atoms with Crippen LogP contribution in [0.4, 0.5) is 5.69 Å². The van der Waals surface area contributed by atoms with Gasteiger partial charge < -0.3 is 15.1 Å². The molecule has 2 aromatic carbocycles. The summed E-state index contributed by atoms with van der Waals surface area (Å²) in [5.41, 5.74) is 0.763. The molecule has 0 aromatic heterocycles. The van der Waals surface area contributed by atoms with Crippen LogP contribution in [0.5, 0.6) is 11.5 Å². The molecule has 2 aliphatic rings. The SMILES string of the molecule is O=C1c2ccccc2C(=O)c2c(O)c(N3CCCCC3)cc(O)c21. The highest BCUT2D eigenvalue weighted by atomic mass is 16.3. The van der Waals surface area contributed by atoms with E-state index in [-0.39, 0.29) is 33.8 Å². The van der Waals surface area contributed by atoms with Crippen molar-refractivity contribution < 1.29 is 19.8 Å². The van der Waals surface area contributed by atoms with E-state index in [0.717, 1.165) is 32.4 Å². The Labute approximate surface area is 139 Å². The number of anilines is 1. The summed E-state index contributed by atoms with van der Waals surface area (Å²) in [5.74, 6) is -1.32. The summed E-state index contributed by atoms with van der Waals surface area (Å²) in [4.78, 5) is 27.5. The zero-order valence-corrected chi connectivity index (χ0v) is 13.1. The number of fused-ring (bicyclic) bond motifs is 2. The van der Waals surface area contributed by atoms with Crippen LogP contribution < -0.4 is 4.90 Å². The lowest BCUT2D eigenvalue weighted by atomic mass is 9.82. The van der Waals surface area contributed by atoms with Crippen LogP contribution in [0.25, 0.3) is 0 Å². The van der Waals surface area contributed by atoms with Gasteiger partial charge in [-0.15, -0.1) is 0 Å². The molecule has 5 nitrogen and oxygen atoms in total. The van der Waals surface area contributed by atoms with E-state index in [9.17, 15) is 19.8 Å². The van der Waals surface area contributed by atoms with Gasteiger partial charge in [-0.25, -0.2) is 0 Å². The number of carbonyl (C=O) groups excluding carboxylic acids is 2. The molecule has 1 aliphatic carbocycles. The van der Waals surface area contributed by atoms with E-state index < -0.39 is 11.6 Å². The molecule has 122 valence electrons. The van der Waals surface area contributed by atoms with Gasteiger partial charge in [0.05, 0.1) is 16.8 Å². The molecule has 0 radical (unpaired) electrons. The smallest absolute Gasteiger partial charge is 0.198 e. The Kier molecular flexibility index (Phi) is 3.30. The van der Waals surface area contributed by atoms with Crippen molar-refractivity contribution >= 4 is 17.3 Å². The van der Waals surface area contributed by atoms with Gasteiger partial charge in [0, 0.05) is 30.3 Å². The van der Waals surface area contributed by atoms with E-state index in [2.05, 4.69) is 0 Å². The number of phenolic OH excluding ortho intramolecular Hbond substituents is 2. The molecule has 1 fully saturated rings. The van der Waals surface area contributed by atoms with Crippen molar-refractivity contribution in [3.05, 3.63) is 52.6 Å². The first-order chi connectivity index (χ1) is 11.6. The molecule has 1 saturated heterocycles. The summed E-state index contributed by atoms with van der Waals surface area (Å²) >= 11 is 0. The molecular weight excluding hydrogens is 306 g/mol. The van der Waals surface area contributed by atoms with Crippen LogP contribution in [-0.4, -0.2) is 34.9 Å². The van der Waals surface area contributed by atoms with Gasteiger partial charge in [-0.1, -0.05) is 24.3 Å². The van der Waals surface area contributed by atoms with Crippen LogP contribution in [0, 0.1) is 0 Å². The summed E-state index contributed by atoms with van der Waals surface area (Å²) in [7, 11) is 0. The molecule has 1 heterocycles. The van der Waals surface area contributed by atoms with E-state index >= 15 is 0 Å². The summed E-state index contributed by atoms with van der Waals surface area (Å²) in [5, 5.41) is 21.1. The molecule has 0 unspecified atom stereocenters. The molecule has 0 atom stereocenters. The maximum Gasteiger partial charge on any atom is 0.198 e. The van der Waals surface area contributed by atoms with Crippen LogP contribution in [0.2, 0.25) is 0 Å². The van der Waals surface area contributed by atoms with Crippen molar-refractivity contribution in [2.45, 2.75) is 19.3 Å². The average Bonchev–Trinajstić information content (AvgIpc) is 2.62. The Morgan fingerprint density at radius 2 is 1.42 bits per heavy atom. The second-order valence-corrected chi connectivity index (χ2v) is 6.26. The van der Waals surface area contributed by atoms with Crippen LogP contribution >= 0.6 is 0 Å². The zero-order valence-electron chi connectivity index (χ0n) is 13.1. The third-order valence-corrected chi connectivity index (χ3v) is 4.83. The topological polar surface area (TPSA) is 77.8 Å². The first-order valence-corrected chi connectivity index (χ1v) is 8.12. The number of carbonyl (C=O) groups is 2. The molecular formula is C19H17NO4. The van der Waals surface area contributed by atoms with E-state index in [4.69, 9.17) is 0 Å². The van der Waals surface area contributed by atoms with Gasteiger partial charge in [0.25, 0.3) is 0 Å². The Hall–Kier alpha value is -2.82. The Morgan fingerprint density at radius 3 is 2.04 bits per heavy atom. The quantitative estimate of drug-likeness (QED) is 0.673. The van der Waals surface area contributed by atoms with Crippen molar-refractivity contribution in [1.82, 2.24) is 0 Å². The third kappa shape index (κ3) is 2.01. The largest absolute Gasteiger partial charge is 0.507 e. The van der Waals surface area contributed by atoms with Gasteiger partial charge in [-0.2, -0.15) is 0 Å². The van der Waals surface area contributed by atoms with Crippen LogP contribution in [0.1, 0.15) is 51.1 Å². The maximum absolute atomic E-state index is 12.8. The molecule has 0 spiro atoms. The number of nitrogens with zero attached hydrogens (tertiary/aromatic N) is 1. The fourth-order valence-electron chi connectivity index (χ4n) is 3.62. The van der Waals surface area contributed by atoms with Gasteiger partial charge >= 0.3 is 0 Å². The van der Waals surface area contributed by atoms with Crippen molar-refractivity contribution in [3.63, 3.8) is 0 Å². The van der Waals surface area contributed by atoms with Crippen molar-refractivity contribution in [3.8, 4) is 11.5 Å². The van der Waals surface area contributed by atoms with Gasteiger partial charge in [0.1, 0.15) is 5.75 Å². The van der Waals surface area contributed by atoms with Crippen LogP contribution in [0.3, 0.4) is 0 Å². The number of benzene rings is 2. The van der Waals surface area contributed by atoms with Crippen molar-refractivity contribution in [2.75, 3.05) is 18.0 Å². The minimum Gasteiger partial charge on any atom is -0.507 e. The first-order valence-electron chi connectivity index (χ1n) is 8.12. The second kappa shape index (κ2) is 5.37. The van der Waals surface area contributed by atoms with E-state index in [1.807, 2.05) is 4.90 Å². The number of piperidine rings is 1. The highest BCUT2D eigenvalue weighted by Gasteiger charge is 2.36. The van der Waals surface area contributed by atoms with Gasteiger partial charge in [-0.05, 0) is 19.3 Å². The Balaban J connectivity index is 1.93. The number of rotatable bonds is 1. The lowest BCUT2D eigenvalue weighted by molar-refractivity contribution is 0.0974. The average molecular weight is 323 g/mol. The molecule has 2 N–H and O–H groups in total. The zero-order chi connectivity index (χ0) is 16.8. The number of aromatic hydroxyl groups is 2. The van der Waals surface area contributed by atoms with Crippen molar-refractivity contribution in [1.29, 1.82) is 0 Å². The van der Waals surface area contributed by atoms with Crippen LogP contribution in [-0.2, 0) is 0 Å². The monoisotopic (exact) mass is 323 g/mol. The summed E-state index contributed by atoms with van der Waals surface area (Å²) in [6.45, 7) is 1.51. The number of hydrogen-bond donors (Lipinski definition) is 2. The predicted molar refractivity (Wildman–Crippen MR) is 89.1 cm³/mol.